The van der Waals surface area contributed by atoms with Crippen LogP contribution in [0.2, 0.25) is 0 Å². The second kappa shape index (κ2) is 8.03. The van der Waals surface area contributed by atoms with Crippen LogP contribution in [0.1, 0.15) is 40.5 Å². The van der Waals surface area contributed by atoms with Gasteiger partial charge in [-0.3, -0.25) is 0 Å². The summed E-state index contributed by atoms with van der Waals surface area (Å²) >= 11 is 0. The summed E-state index contributed by atoms with van der Waals surface area (Å²) in [6.45, 7) is 9.60. The molecular formula is C11H26N2O2S. The van der Waals surface area contributed by atoms with E-state index in [0.717, 1.165) is 19.4 Å². The molecule has 0 saturated heterocycles. The zero-order valence-electron chi connectivity index (χ0n) is 10.9. The van der Waals surface area contributed by atoms with Crippen molar-refractivity contribution in [3.8, 4) is 0 Å². The molecule has 1 atom stereocenters. The van der Waals surface area contributed by atoms with Crippen molar-refractivity contribution in [2.24, 2.45) is 5.92 Å². The van der Waals surface area contributed by atoms with E-state index in [4.69, 9.17) is 0 Å². The Morgan fingerprint density at radius 1 is 1.12 bits per heavy atom. The average Bonchev–Trinajstić information content (AvgIpc) is 2.16. The lowest BCUT2D eigenvalue weighted by atomic mass is 10.1. The van der Waals surface area contributed by atoms with Gasteiger partial charge in [0.1, 0.15) is 0 Å². The molecule has 0 aliphatic carbocycles. The first kappa shape index (κ1) is 15.9. The molecule has 0 amide bonds. The lowest BCUT2D eigenvalue weighted by molar-refractivity contribution is 0.439. The highest BCUT2D eigenvalue weighted by Gasteiger charge is 2.06. The third kappa shape index (κ3) is 9.12. The zero-order valence-corrected chi connectivity index (χ0v) is 11.7. The van der Waals surface area contributed by atoms with Gasteiger partial charge in [0.05, 0.1) is 5.75 Å². The predicted molar refractivity (Wildman–Crippen MR) is 69.0 cm³/mol. The van der Waals surface area contributed by atoms with Crippen LogP contribution >= 0.6 is 0 Å². The van der Waals surface area contributed by atoms with E-state index in [-0.39, 0.29) is 5.75 Å². The van der Waals surface area contributed by atoms with Gasteiger partial charge in [0.25, 0.3) is 0 Å². The first-order valence-corrected chi connectivity index (χ1v) is 7.73. The molecule has 0 fully saturated rings. The molecule has 0 aromatic heterocycles. The smallest absolute Gasteiger partial charge is 0.211 e. The van der Waals surface area contributed by atoms with E-state index >= 15 is 0 Å². The molecule has 0 aromatic carbocycles. The van der Waals surface area contributed by atoms with E-state index in [0.29, 0.717) is 18.5 Å². The highest BCUT2D eigenvalue weighted by molar-refractivity contribution is 7.89. The molecule has 0 aromatic rings. The maximum atomic E-state index is 11.1. The highest BCUT2D eigenvalue weighted by atomic mass is 32.2. The van der Waals surface area contributed by atoms with Crippen molar-refractivity contribution < 1.29 is 8.42 Å². The summed E-state index contributed by atoms with van der Waals surface area (Å²) in [5, 5.41) is 3.38. The third-order valence-electron chi connectivity index (χ3n) is 2.37. The van der Waals surface area contributed by atoms with Gasteiger partial charge in [-0.25, -0.2) is 13.1 Å². The molecule has 0 spiro atoms. The molecule has 0 heterocycles. The van der Waals surface area contributed by atoms with Crippen LogP contribution in [0.25, 0.3) is 0 Å². The SMILES string of the molecule is CCS(=O)(=O)NCCCNC(C)CC(C)C. The molecule has 0 bridgehead atoms. The fourth-order valence-electron chi connectivity index (χ4n) is 1.56. The third-order valence-corrected chi connectivity index (χ3v) is 3.78. The second-order valence-corrected chi connectivity index (χ2v) is 6.73. The number of rotatable bonds is 9. The van der Waals surface area contributed by atoms with Crippen LogP contribution in [0, 0.1) is 5.92 Å². The molecule has 4 nitrogen and oxygen atoms in total. The Bertz CT molecular complexity index is 263. The van der Waals surface area contributed by atoms with Gasteiger partial charge in [-0.2, -0.15) is 0 Å². The summed E-state index contributed by atoms with van der Waals surface area (Å²) in [6, 6.07) is 0.503. The number of nitrogens with one attached hydrogen (secondary N) is 2. The van der Waals surface area contributed by atoms with Crippen molar-refractivity contribution in [2.75, 3.05) is 18.8 Å². The largest absolute Gasteiger partial charge is 0.314 e. The second-order valence-electron chi connectivity index (χ2n) is 4.64. The average molecular weight is 250 g/mol. The van der Waals surface area contributed by atoms with Crippen LogP contribution < -0.4 is 10.0 Å². The topological polar surface area (TPSA) is 58.2 Å². The predicted octanol–water partition coefficient (Wildman–Crippen LogP) is 1.34. The Morgan fingerprint density at radius 3 is 2.25 bits per heavy atom. The maximum absolute atomic E-state index is 11.1. The molecule has 0 radical (unpaired) electrons. The van der Waals surface area contributed by atoms with Crippen LogP contribution in [0.4, 0.5) is 0 Å². The molecule has 0 saturated carbocycles. The minimum absolute atomic E-state index is 0.157. The van der Waals surface area contributed by atoms with Crippen molar-refractivity contribution >= 4 is 10.0 Å². The van der Waals surface area contributed by atoms with Gasteiger partial charge in [-0.05, 0) is 39.2 Å². The quantitative estimate of drug-likeness (QED) is 0.607. The first-order valence-electron chi connectivity index (χ1n) is 6.08. The monoisotopic (exact) mass is 250 g/mol. The molecule has 5 heteroatoms. The summed E-state index contributed by atoms with van der Waals surface area (Å²) in [6.07, 6.45) is 1.99. The van der Waals surface area contributed by atoms with Gasteiger partial charge < -0.3 is 5.32 Å². The van der Waals surface area contributed by atoms with Crippen LogP contribution in [0.15, 0.2) is 0 Å². The minimum Gasteiger partial charge on any atom is -0.314 e. The summed E-state index contributed by atoms with van der Waals surface area (Å²) in [4.78, 5) is 0. The van der Waals surface area contributed by atoms with Crippen LogP contribution in [-0.2, 0) is 10.0 Å². The molecule has 1 unspecified atom stereocenters. The summed E-state index contributed by atoms with van der Waals surface area (Å²) in [7, 11) is -3.02. The lowest BCUT2D eigenvalue weighted by Crippen LogP contribution is -2.32. The molecule has 0 aliphatic heterocycles. The fourth-order valence-corrected chi connectivity index (χ4v) is 2.22. The van der Waals surface area contributed by atoms with Gasteiger partial charge in [0, 0.05) is 12.6 Å². The van der Waals surface area contributed by atoms with Crippen molar-refractivity contribution in [2.45, 2.75) is 46.6 Å². The summed E-state index contributed by atoms with van der Waals surface area (Å²) in [5.74, 6) is 0.852. The summed E-state index contributed by atoms with van der Waals surface area (Å²) in [5.41, 5.74) is 0. The van der Waals surface area contributed by atoms with Crippen LogP contribution in [-0.4, -0.2) is 33.3 Å². The molecule has 2 N–H and O–H groups in total. The van der Waals surface area contributed by atoms with Gasteiger partial charge >= 0.3 is 0 Å². The van der Waals surface area contributed by atoms with Gasteiger partial charge in [0.15, 0.2) is 0 Å². The maximum Gasteiger partial charge on any atom is 0.211 e. The number of hydrogen-bond donors (Lipinski definition) is 2. The lowest BCUT2D eigenvalue weighted by Gasteiger charge is -2.15. The van der Waals surface area contributed by atoms with E-state index in [9.17, 15) is 8.42 Å². The van der Waals surface area contributed by atoms with E-state index < -0.39 is 10.0 Å². The molecular weight excluding hydrogens is 224 g/mol. The molecule has 16 heavy (non-hydrogen) atoms. The Morgan fingerprint density at radius 2 is 1.75 bits per heavy atom. The van der Waals surface area contributed by atoms with E-state index in [1.807, 2.05) is 0 Å². The molecule has 98 valence electrons. The Labute approximate surface area is 100 Å². The van der Waals surface area contributed by atoms with Crippen molar-refractivity contribution in [3.63, 3.8) is 0 Å². The highest BCUT2D eigenvalue weighted by Crippen LogP contribution is 2.03. The number of sulfonamides is 1. The van der Waals surface area contributed by atoms with Gasteiger partial charge in [-0.15, -0.1) is 0 Å². The molecule has 0 aliphatic rings. The van der Waals surface area contributed by atoms with Crippen molar-refractivity contribution in [1.82, 2.24) is 10.0 Å². The van der Waals surface area contributed by atoms with E-state index in [1.165, 1.54) is 0 Å². The fraction of sp³-hybridized carbons (Fsp3) is 1.00. The Kier molecular flexibility index (Phi) is 7.97. The zero-order chi connectivity index (χ0) is 12.6. The first-order chi connectivity index (χ1) is 7.37. The van der Waals surface area contributed by atoms with E-state index in [2.05, 4.69) is 30.8 Å². The van der Waals surface area contributed by atoms with Crippen molar-refractivity contribution in [3.05, 3.63) is 0 Å². The summed E-state index contributed by atoms with van der Waals surface area (Å²) < 4.78 is 24.8. The standard InChI is InChI=1S/C11H26N2O2S/c1-5-16(14,15)13-8-6-7-12-11(4)9-10(2)3/h10-13H,5-9H2,1-4H3. The van der Waals surface area contributed by atoms with Crippen molar-refractivity contribution in [1.29, 1.82) is 0 Å². The normalized spacial score (nSPS) is 14.3. The van der Waals surface area contributed by atoms with Gasteiger partial charge in [-0.1, -0.05) is 13.8 Å². The molecule has 0 rings (SSSR count). The Balaban J connectivity index is 3.47. The van der Waals surface area contributed by atoms with E-state index in [1.54, 1.807) is 6.92 Å². The van der Waals surface area contributed by atoms with Gasteiger partial charge in [0.2, 0.25) is 10.0 Å². The Hall–Kier alpha value is -0.130. The van der Waals surface area contributed by atoms with Crippen LogP contribution in [0.3, 0.4) is 0 Å². The number of hydrogen-bond acceptors (Lipinski definition) is 3. The van der Waals surface area contributed by atoms with Crippen LogP contribution in [0.5, 0.6) is 0 Å². The minimum atomic E-state index is -3.02.